The second-order valence-electron chi connectivity index (χ2n) is 3.69. The molecule has 0 saturated heterocycles. The van der Waals surface area contributed by atoms with Crippen molar-refractivity contribution in [3.63, 3.8) is 0 Å². The van der Waals surface area contributed by atoms with E-state index in [1.165, 1.54) is 18.0 Å². The summed E-state index contributed by atoms with van der Waals surface area (Å²) in [6, 6.07) is 3.78. The van der Waals surface area contributed by atoms with Crippen LogP contribution in [-0.2, 0) is 0 Å². The van der Waals surface area contributed by atoms with Crippen LogP contribution in [-0.4, -0.2) is 20.2 Å². The van der Waals surface area contributed by atoms with Crippen LogP contribution in [0.25, 0.3) is 10.9 Å². The standard InChI is InChI=1S/C11H7Cl2N5S/c12-8-4-15-11(10(14)17-8)19-7-2-1-6-5(9(7)13)3-16-18-6/h1-4H,(H2,14,17)(H,16,18). The Balaban J connectivity index is 2.03. The normalized spacial score (nSPS) is 11.1. The highest BCUT2D eigenvalue weighted by atomic mass is 35.5. The van der Waals surface area contributed by atoms with Crippen molar-refractivity contribution in [2.45, 2.75) is 9.92 Å². The largest absolute Gasteiger partial charge is 0.381 e. The Kier molecular flexibility index (Phi) is 3.22. The molecule has 0 bridgehead atoms. The molecule has 2 heterocycles. The van der Waals surface area contributed by atoms with Crippen LogP contribution >= 0.6 is 35.0 Å². The first-order valence-electron chi connectivity index (χ1n) is 5.22. The maximum absolute atomic E-state index is 6.32. The van der Waals surface area contributed by atoms with E-state index in [0.29, 0.717) is 10.0 Å². The van der Waals surface area contributed by atoms with Gasteiger partial charge >= 0.3 is 0 Å². The summed E-state index contributed by atoms with van der Waals surface area (Å²) in [5.41, 5.74) is 6.65. The molecule has 0 unspecified atom stereocenters. The van der Waals surface area contributed by atoms with Crippen LogP contribution in [0, 0.1) is 0 Å². The molecule has 96 valence electrons. The molecule has 19 heavy (non-hydrogen) atoms. The van der Waals surface area contributed by atoms with Gasteiger partial charge in [-0.1, -0.05) is 35.0 Å². The third-order valence-corrected chi connectivity index (χ3v) is 4.23. The predicted octanol–water partition coefficient (Wildman–Crippen LogP) is 3.39. The summed E-state index contributed by atoms with van der Waals surface area (Å²) >= 11 is 13.4. The zero-order valence-corrected chi connectivity index (χ0v) is 11.7. The summed E-state index contributed by atoms with van der Waals surface area (Å²) in [5.74, 6) is 0.279. The minimum absolute atomic E-state index is 0.262. The van der Waals surface area contributed by atoms with Crippen molar-refractivity contribution >= 4 is 51.7 Å². The van der Waals surface area contributed by atoms with E-state index in [1.54, 1.807) is 6.20 Å². The van der Waals surface area contributed by atoms with Gasteiger partial charge in [0, 0.05) is 10.3 Å². The lowest BCUT2D eigenvalue weighted by molar-refractivity contribution is 1.07. The Labute approximate surface area is 122 Å². The zero-order valence-electron chi connectivity index (χ0n) is 9.39. The second-order valence-corrected chi connectivity index (χ2v) is 5.49. The van der Waals surface area contributed by atoms with Gasteiger partial charge in [0.25, 0.3) is 0 Å². The average molecular weight is 312 g/mol. The van der Waals surface area contributed by atoms with Crippen molar-refractivity contribution < 1.29 is 0 Å². The zero-order chi connectivity index (χ0) is 13.4. The monoisotopic (exact) mass is 311 g/mol. The molecular weight excluding hydrogens is 305 g/mol. The number of hydrogen-bond donors (Lipinski definition) is 2. The van der Waals surface area contributed by atoms with Crippen molar-refractivity contribution in [1.82, 2.24) is 20.2 Å². The number of nitrogen functional groups attached to an aromatic ring is 1. The van der Waals surface area contributed by atoms with Gasteiger partial charge in [-0.25, -0.2) is 9.97 Å². The number of nitrogens with zero attached hydrogens (tertiary/aromatic N) is 3. The molecular formula is C11H7Cl2N5S. The number of aromatic amines is 1. The first-order valence-corrected chi connectivity index (χ1v) is 6.80. The topological polar surface area (TPSA) is 80.5 Å². The van der Waals surface area contributed by atoms with Crippen LogP contribution in [0.5, 0.6) is 0 Å². The Morgan fingerprint density at radius 1 is 1.21 bits per heavy atom. The van der Waals surface area contributed by atoms with Crippen LogP contribution in [0.15, 0.2) is 34.4 Å². The SMILES string of the molecule is Nc1nc(Cl)cnc1Sc1ccc2[nH]ncc2c1Cl. The van der Waals surface area contributed by atoms with Crippen molar-refractivity contribution in [2.24, 2.45) is 0 Å². The number of nitrogens with two attached hydrogens (primary N) is 1. The van der Waals surface area contributed by atoms with Crippen molar-refractivity contribution in [3.8, 4) is 0 Å². The molecule has 0 radical (unpaired) electrons. The molecule has 0 fully saturated rings. The second kappa shape index (κ2) is 4.88. The van der Waals surface area contributed by atoms with Gasteiger partial charge in [-0.15, -0.1) is 0 Å². The van der Waals surface area contributed by atoms with Crippen molar-refractivity contribution in [1.29, 1.82) is 0 Å². The Morgan fingerprint density at radius 2 is 2.05 bits per heavy atom. The highest BCUT2D eigenvalue weighted by Crippen LogP contribution is 2.37. The number of H-pyrrole nitrogens is 1. The van der Waals surface area contributed by atoms with Crippen LogP contribution in [0.3, 0.4) is 0 Å². The van der Waals surface area contributed by atoms with Crippen molar-refractivity contribution in [3.05, 3.63) is 34.7 Å². The summed E-state index contributed by atoms with van der Waals surface area (Å²) in [6.45, 7) is 0. The highest BCUT2D eigenvalue weighted by molar-refractivity contribution is 7.99. The lowest BCUT2D eigenvalue weighted by Crippen LogP contribution is -1.95. The van der Waals surface area contributed by atoms with Crippen LogP contribution < -0.4 is 5.73 Å². The fourth-order valence-electron chi connectivity index (χ4n) is 1.59. The van der Waals surface area contributed by atoms with Gasteiger partial charge in [-0.2, -0.15) is 5.10 Å². The van der Waals surface area contributed by atoms with Crippen LogP contribution in [0.2, 0.25) is 10.2 Å². The lowest BCUT2D eigenvalue weighted by Gasteiger charge is -2.06. The number of halogens is 2. The average Bonchev–Trinajstić information content (AvgIpc) is 2.85. The van der Waals surface area contributed by atoms with Gasteiger partial charge < -0.3 is 5.73 Å². The molecule has 3 rings (SSSR count). The van der Waals surface area contributed by atoms with Gasteiger partial charge in [-0.05, 0) is 12.1 Å². The molecule has 0 aliphatic rings. The van der Waals surface area contributed by atoms with Gasteiger partial charge in [-0.3, -0.25) is 5.10 Å². The van der Waals surface area contributed by atoms with Crippen molar-refractivity contribution in [2.75, 3.05) is 5.73 Å². The van der Waals surface area contributed by atoms with E-state index >= 15 is 0 Å². The van der Waals surface area contributed by atoms with E-state index in [2.05, 4.69) is 20.2 Å². The minimum atomic E-state index is 0.262. The third-order valence-electron chi connectivity index (χ3n) is 2.46. The van der Waals surface area contributed by atoms with E-state index in [0.717, 1.165) is 15.8 Å². The predicted molar refractivity (Wildman–Crippen MR) is 76.7 cm³/mol. The van der Waals surface area contributed by atoms with Gasteiger partial charge in [0.15, 0.2) is 5.82 Å². The van der Waals surface area contributed by atoms with E-state index in [9.17, 15) is 0 Å². The van der Waals surface area contributed by atoms with Crippen LogP contribution in [0.4, 0.5) is 5.82 Å². The third kappa shape index (κ3) is 2.34. The number of rotatable bonds is 2. The molecule has 0 aliphatic carbocycles. The molecule has 1 aromatic carbocycles. The molecule has 5 nitrogen and oxygen atoms in total. The number of aromatic nitrogens is 4. The Hall–Kier alpha value is -1.50. The molecule has 8 heteroatoms. The minimum Gasteiger partial charge on any atom is -0.381 e. The molecule has 3 aromatic rings. The molecule has 0 aliphatic heterocycles. The smallest absolute Gasteiger partial charge is 0.158 e. The summed E-state index contributed by atoms with van der Waals surface area (Å²) in [4.78, 5) is 8.93. The van der Waals surface area contributed by atoms with Gasteiger partial charge in [0.1, 0.15) is 10.2 Å². The van der Waals surface area contributed by atoms with E-state index in [-0.39, 0.29) is 11.0 Å². The first-order chi connectivity index (χ1) is 9.15. The molecule has 2 aromatic heterocycles. The maximum atomic E-state index is 6.32. The summed E-state index contributed by atoms with van der Waals surface area (Å²) in [5, 5.41) is 9.09. The number of nitrogens with one attached hydrogen (secondary N) is 1. The molecule has 0 amide bonds. The highest BCUT2D eigenvalue weighted by Gasteiger charge is 2.11. The summed E-state index contributed by atoms with van der Waals surface area (Å²) in [6.07, 6.45) is 3.13. The Morgan fingerprint density at radius 3 is 2.84 bits per heavy atom. The number of hydrogen-bond acceptors (Lipinski definition) is 5. The number of benzene rings is 1. The van der Waals surface area contributed by atoms with E-state index in [4.69, 9.17) is 28.9 Å². The lowest BCUT2D eigenvalue weighted by atomic mass is 10.2. The van der Waals surface area contributed by atoms with E-state index in [1.807, 2.05) is 12.1 Å². The number of fused-ring (bicyclic) bond motifs is 1. The Bertz CT molecular complexity index is 758. The fraction of sp³-hybridized carbons (Fsp3) is 0. The summed E-state index contributed by atoms with van der Waals surface area (Å²) < 4.78 is 0. The molecule has 0 saturated carbocycles. The maximum Gasteiger partial charge on any atom is 0.158 e. The first kappa shape index (κ1) is 12.5. The van der Waals surface area contributed by atoms with E-state index < -0.39 is 0 Å². The molecule has 0 atom stereocenters. The van der Waals surface area contributed by atoms with Crippen LogP contribution in [0.1, 0.15) is 0 Å². The molecule has 3 N–H and O–H groups in total. The van der Waals surface area contributed by atoms with Gasteiger partial charge in [0.05, 0.1) is 22.9 Å². The fourth-order valence-corrected chi connectivity index (χ4v) is 2.86. The quantitative estimate of drug-likeness (QED) is 0.758. The number of anilines is 1. The van der Waals surface area contributed by atoms with Gasteiger partial charge in [0.2, 0.25) is 0 Å². The molecule has 0 spiro atoms. The summed E-state index contributed by atoms with van der Waals surface area (Å²) in [7, 11) is 0.